The molecule has 2 N–H and O–H groups in total. The zero-order chi connectivity index (χ0) is 24.1. The Kier molecular flexibility index (Phi) is 6.27. The third-order valence-corrected chi connectivity index (χ3v) is 9.77. The van der Waals surface area contributed by atoms with Gasteiger partial charge in [0.25, 0.3) is 0 Å². The summed E-state index contributed by atoms with van der Waals surface area (Å²) in [7, 11) is -1.14. The molecule has 34 heavy (non-hydrogen) atoms. The molecule has 2 aromatic heterocycles. The quantitative estimate of drug-likeness (QED) is 0.299. The number of fused-ring (bicyclic) bond motifs is 1. The van der Waals surface area contributed by atoms with Crippen molar-refractivity contribution in [3.05, 3.63) is 24.0 Å². The molecule has 0 amide bonds. The summed E-state index contributed by atoms with van der Waals surface area (Å²) < 4.78 is 13.4. The minimum Gasteiger partial charge on any atom is -0.462 e. The lowest BCUT2D eigenvalue weighted by molar-refractivity contribution is -0.129. The first-order valence-corrected chi connectivity index (χ1v) is 16.6. The first kappa shape index (κ1) is 23.8. The molecule has 4 saturated carbocycles. The maximum Gasteiger partial charge on any atom is 0.341 e. The number of ether oxygens (including phenoxy) is 2. The van der Waals surface area contributed by atoms with Gasteiger partial charge in [-0.3, -0.25) is 0 Å². The summed E-state index contributed by atoms with van der Waals surface area (Å²) in [4.78, 5) is 17.5. The van der Waals surface area contributed by atoms with E-state index in [9.17, 15) is 9.90 Å². The van der Waals surface area contributed by atoms with Crippen molar-refractivity contribution >= 4 is 30.8 Å². The molecule has 4 bridgehead atoms. The number of pyridine rings is 1. The average molecular weight is 486 g/mol. The van der Waals surface area contributed by atoms with Crippen molar-refractivity contribution in [2.45, 2.75) is 83.1 Å². The van der Waals surface area contributed by atoms with Crippen molar-refractivity contribution in [3.63, 3.8) is 0 Å². The van der Waals surface area contributed by atoms with Gasteiger partial charge < -0.3 is 24.5 Å². The van der Waals surface area contributed by atoms with Gasteiger partial charge in [-0.25, -0.2) is 9.78 Å². The number of hydrogen-bond acceptors (Lipinski definition) is 6. The lowest BCUT2D eigenvalue weighted by atomic mass is 9.52. The van der Waals surface area contributed by atoms with Crippen LogP contribution in [0.15, 0.2) is 18.5 Å². The summed E-state index contributed by atoms with van der Waals surface area (Å²) in [5.74, 6) is 1.15. The molecule has 4 aliphatic carbocycles. The van der Waals surface area contributed by atoms with Crippen LogP contribution in [0, 0.1) is 17.8 Å². The normalized spacial score (nSPS) is 30.1. The van der Waals surface area contributed by atoms with Crippen molar-refractivity contribution < 1.29 is 19.4 Å². The smallest absolute Gasteiger partial charge is 0.341 e. The number of rotatable bonds is 9. The predicted molar refractivity (Wildman–Crippen MR) is 136 cm³/mol. The highest BCUT2D eigenvalue weighted by Gasteiger charge is 2.54. The molecule has 0 spiro atoms. The molecule has 2 aromatic rings. The van der Waals surface area contributed by atoms with Crippen molar-refractivity contribution in [2.75, 3.05) is 18.5 Å². The minimum absolute atomic E-state index is 0.256. The Morgan fingerprint density at radius 2 is 2.00 bits per heavy atom. The molecule has 5 atom stereocenters. The lowest BCUT2D eigenvalue weighted by Gasteiger charge is -2.58. The second-order valence-electron chi connectivity index (χ2n) is 12.0. The summed E-state index contributed by atoms with van der Waals surface area (Å²) in [6.07, 6.45) is 8.62. The number of hydrogen-bond donors (Lipinski definition) is 2. The highest BCUT2D eigenvalue weighted by molar-refractivity contribution is 6.76. The molecule has 1 unspecified atom stereocenters. The monoisotopic (exact) mass is 485 g/mol. The highest BCUT2D eigenvalue weighted by atomic mass is 28.3. The van der Waals surface area contributed by atoms with Crippen LogP contribution in [0.25, 0.3) is 11.0 Å². The molecule has 4 aliphatic rings. The molecule has 4 fully saturated rings. The van der Waals surface area contributed by atoms with Crippen molar-refractivity contribution in [3.8, 4) is 0 Å². The molecule has 2 heterocycles. The van der Waals surface area contributed by atoms with Crippen molar-refractivity contribution in [1.82, 2.24) is 9.55 Å². The van der Waals surface area contributed by atoms with Gasteiger partial charge >= 0.3 is 5.97 Å². The maximum absolute atomic E-state index is 12.8. The first-order valence-electron chi connectivity index (χ1n) is 12.9. The van der Waals surface area contributed by atoms with Gasteiger partial charge in [-0.2, -0.15) is 0 Å². The van der Waals surface area contributed by atoms with Gasteiger partial charge in [-0.05, 0) is 68.9 Å². The molecule has 8 heteroatoms. The Balaban J connectivity index is 1.42. The van der Waals surface area contributed by atoms with E-state index >= 15 is 0 Å². The van der Waals surface area contributed by atoms with E-state index in [-0.39, 0.29) is 12.0 Å². The number of aliphatic hydroxyl groups is 1. The number of aromatic nitrogens is 2. The Labute approximate surface area is 203 Å². The van der Waals surface area contributed by atoms with E-state index < -0.39 is 13.7 Å². The van der Waals surface area contributed by atoms with Gasteiger partial charge in [0, 0.05) is 38.5 Å². The van der Waals surface area contributed by atoms with E-state index in [0.29, 0.717) is 36.7 Å². The number of carbonyl (C=O) groups excluding carboxylic acids is 1. The fourth-order valence-corrected chi connectivity index (χ4v) is 7.44. The largest absolute Gasteiger partial charge is 0.462 e. The van der Waals surface area contributed by atoms with Crippen molar-refractivity contribution in [2.24, 2.45) is 17.8 Å². The summed E-state index contributed by atoms with van der Waals surface area (Å²) in [5, 5.41) is 15.7. The second-order valence-corrected chi connectivity index (χ2v) is 17.6. The minimum atomic E-state index is -1.14. The SMILES string of the molecule is CCOC(=O)c1cnc2c(ccn2COCC[Si](C)(C)C)c1N[C@H]1[C@@H]2CC3C[C@H]1C[C@@](O)(C3)C2. The van der Waals surface area contributed by atoms with Crippen LogP contribution in [0.3, 0.4) is 0 Å². The topological polar surface area (TPSA) is 85.6 Å². The Hall–Kier alpha value is -1.90. The summed E-state index contributed by atoms with van der Waals surface area (Å²) >= 11 is 0. The van der Waals surface area contributed by atoms with Gasteiger partial charge in [0.05, 0.1) is 17.9 Å². The number of nitrogens with zero attached hydrogens (tertiary/aromatic N) is 2. The zero-order valence-corrected chi connectivity index (χ0v) is 22.0. The Bertz CT molecular complexity index is 1050. The average Bonchev–Trinajstić information content (AvgIpc) is 3.15. The summed E-state index contributed by atoms with van der Waals surface area (Å²) in [5.41, 5.74) is 1.63. The van der Waals surface area contributed by atoms with E-state index in [0.717, 1.165) is 61.5 Å². The second kappa shape index (κ2) is 8.95. The maximum atomic E-state index is 12.8. The van der Waals surface area contributed by atoms with Crippen LogP contribution >= 0.6 is 0 Å². The van der Waals surface area contributed by atoms with E-state index in [1.54, 1.807) is 6.20 Å². The summed E-state index contributed by atoms with van der Waals surface area (Å²) in [6, 6.07) is 3.41. The van der Waals surface area contributed by atoms with Crippen LogP contribution in [0.2, 0.25) is 25.7 Å². The number of carbonyl (C=O) groups is 1. The standard InChI is InChI=1S/C26H39N3O4Si/c1-5-33-25(30)21-15-27-24-20(6-7-29(24)16-32-8-9-34(2,3)4)23(21)28-22-18-10-17-11-19(22)14-26(31,12-17)13-18/h6-7,15,17-19,22,31H,5,8-14,16H2,1-4H3,(H,27,28)/t17?,18-,19+,22+,26-. The van der Waals surface area contributed by atoms with Crippen LogP contribution in [0.4, 0.5) is 5.69 Å². The van der Waals surface area contributed by atoms with Gasteiger partial charge in [0.1, 0.15) is 17.9 Å². The lowest BCUT2D eigenvalue weighted by Crippen LogP contribution is -2.59. The molecule has 0 aliphatic heterocycles. The molecule has 0 aromatic carbocycles. The molecular weight excluding hydrogens is 446 g/mol. The number of nitrogens with one attached hydrogen (secondary N) is 1. The fraction of sp³-hybridized carbons (Fsp3) is 0.692. The van der Waals surface area contributed by atoms with E-state index in [2.05, 4.69) is 29.9 Å². The summed E-state index contributed by atoms with van der Waals surface area (Å²) in [6.45, 7) is 10.4. The van der Waals surface area contributed by atoms with Crippen LogP contribution in [0.1, 0.15) is 49.4 Å². The van der Waals surface area contributed by atoms with Gasteiger partial charge in [-0.15, -0.1) is 0 Å². The van der Waals surface area contributed by atoms with Crippen LogP contribution in [-0.2, 0) is 16.2 Å². The van der Waals surface area contributed by atoms with Crippen LogP contribution in [0.5, 0.6) is 0 Å². The Morgan fingerprint density at radius 1 is 1.26 bits per heavy atom. The Morgan fingerprint density at radius 3 is 2.65 bits per heavy atom. The molecule has 6 rings (SSSR count). The van der Waals surface area contributed by atoms with Crippen LogP contribution in [-0.4, -0.2) is 53.6 Å². The molecule has 0 radical (unpaired) electrons. The predicted octanol–water partition coefficient (Wildman–Crippen LogP) is 4.88. The van der Waals surface area contributed by atoms with E-state index in [4.69, 9.17) is 9.47 Å². The van der Waals surface area contributed by atoms with E-state index in [1.165, 1.54) is 0 Å². The van der Waals surface area contributed by atoms with Gasteiger partial charge in [-0.1, -0.05) is 19.6 Å². The van der Waals surface area contributed by atoms with Crippen molar-refractivity contribution in [1.29, 1.82) is 0 Å². The van der Waals surface area contributed by atoms with Crippen LogP contribution < -0.4 is 5.32 Å². The van der Waals surface area contributed by atoms with Gasteiger partial charge in [0.15, 0.2) is 0 Å². The molecule has 186 valence electrons. The highest BCUT2D eigenvalue weighted by Crippen LogP contribution is 2.56. The molecular formula is C26H39N3O4Si. The zero-order valence-electron chi connectivity index (χ0n) is 21.0. The fourth-order valence-electron chi connectivity index (χ4n) is 6.69. The molecule has 7 nitrogen and oxygen atoms in total. The van der Waals surface area contributed by atoms with Gasteiger partial charge in [0.2, 0.25) is 0 Å². The molecule has 0 saturated heterocycles. The first-order chi connectivity index (χ1) is 16.2. The number of anilines is 1. The van der Waals surface area contributed by atoms with E-state index in [1.807, 2.05) is 23.8 Å². The number of esters is 1. The third kappa shape index (κ3) is 4.64. The third-order valence-electron chi connectivity index (χ3n) is 8.06.